The van der Waals surface area contributed by atoms with Gasteiger partial charge in [-0.1, -0.05) is 19.1 Å². The molecular weight excluding hydrogens is 609 g/mol. The molecule has 1 saturated carbocycles. The fourth-order valence-corrected chi connectivity index (χ4v) is 6.29. The molecule has 0 amide bonds. The average molecular weight is 652 g/mol. The van der Waals surface area contributed by atoms with Crippen LogP contribution >= 0.6 is 0 Å². The molecule has 2 aromatic heterocycles. The molecule has 1 aliphatic carbocycles. The highest BCUT2D eigenvalue weighted by Crippen LogP contribution is 2.32. The monoisotopic (exact) mass is 651 g/mol. The number of hydrogen-bond donors (Lipinski definition) is 5. The Morgan fingerprint density at radius 2 is 1.62 bits per heavy atom. The van der Waals surface area contributed by atoms with E-state index in [1.54, 1.807) is 24.8 Å². The van der Waals surface area contributed by atoms with Crippen LogP contribution in [-0.2, 0) is 20.8 Å². The number of carboxylic acid groups (broad SMARTS) is 3. The van der Waals surface area contributed by atoms with Crippen molar-refractivity contribution < 1.29 is 39.2 Å². The summed E-state index contributed by atoms with van der Waals surface area (Å²) in [6, 6.07) is 14.1. The maximum atomic E-state index is 13.2. The lowest BCUT2D eigenvalue weighted by Crippen LogP contribution is -2.42. The Bertz CT molecular complexity index is 1620. The molecule has 2 heterocycles. The summed E-state index contributed by atoms with van der Waals surface area (Å²) < 4.78 is 15.2. The first-order chi connectivity index (χ1) is 22.3. The number of nitrogens with zero attached hydrogens (tertiary/aromatic N) is 4. The Morgan fingerprint density at radius 3 is 2.19 bits per heavy atom. The minimum atomic E-state index is -2.74. The molecular formula is C34H42FN5O7. The second-order valence-electron chi connectivity index (χ2n) is 12.5. The molecule has 252 valence electrons. The van der Waals surface area contributed by atoms with Crippen molar-refractivity contribution in [2.75, 3.05) is 13.6 Å². The Morgan fingerprint density at radius 1 is 1.00 bits per heavy atom. The highest BCUT2D eigenvalue weighted by molar-refractivity contribution is 5.88. The molecule has 0 radical (unpaired) electrons. The van der Waals surface area contributed by atoms with E-state index in [0.29, 0.717) is 12.0 Å². The van der Waals surface area contributed by atoms with Crippen molar-refractivity contribution in [3.8, 4) is 5.69 Å². The van der Waals surface area contributed by atoms with E-state index in [9.17, 15) is 18.8 Å². The minimum absolute atomic E-state index is 0.161. The van der Waals surface area contributed by atoms with Gasteiger partial charge in [-0.15, -0.1) is 10.2 Å². The van der Waals surface area contributed by atoms with Gasteiger partial charge < -0.3 is 30.3 Å². The van der Waals surface area contributed by atoms with E-state index >= 15 is 0 Å². The molecule has 1 aliphatic rings. The van der Waals surface area contributed by atoms with Gasteiger partial charge in [0, 0.05) is 35.4 Å². The Labute approximate surface area is 271 Å². The van der Waals surface area contributed by atoms with Crippen molar-refractivity contribution in [2.24, 2.45) is 5.92 Å². The lowest BCUT2D eigenvalue weighted by Gasteiger charge is -2.36. The van der Waals surface area contributed by atoms with Gasteiger partial charge in [-0.2, -0.15) is 0 Å². The smallest absolute Gasteiger partial charge is 0.336 e. The molecule has 1 atom stereocenters. The number of aryl methyl sites for hydroxylation is 1. The summed E-state index contributed by atoms with van der Waals surface area (Å²) in [7, 11) is 2.25. The van der Waals surface area contributed by atoms with Gasteiger partial charge in [-0.05, 0) is 98.9 Å². The van der Waals surface area contributed by atoms with Gasteiger partial charge in [0.2, 0.25) is 0 Å². The number of halogens is 1. The van der Waals surface area contributed by atoms with Crippen LogP contribution in [0.25, 0.3) is 16.6 Å². The fraction of sp³-hybridized carbons (Fsp3) is 0.441. The lowest BCUT2D eigenvalue weighted by molar-refractivity contribution is -0.170. The van der Waals surface area contributed by atoms with Gasteiger partial charge in [-0.25, -0.2) is 9.18 Å². The number of aliphatic carboxylic acids is 3. The molecule has 1 fully saturated rings. The van der Waals surface area contributed by atoms with Gasteiger partial charge in [0.15, 0.2) is 5.60 Å². The minimum Gasteiger partial charge on any atom is -0.481 e. The number of rotatable bonds is 13. The summed E-state index contributed by atoms with van der Waals surface area (Å²) in [6.45, 7) is 3.26. The highest BCUT2D eigenvalue weighted by atomic mass is 19.1. The first-order valence-corrected chi connectivity index (χ1v) is 15.6. The highest BCUT2D eigenvalue weighted by Gasteiger charge is 2.40. The molecule has 47 heavy (non-hydrogen) atoms. The van der Waals surface area contributed by atoms with E-state index in [4.69, 9.17) is 20.4 Å². The number of carbonyl (C=O) groups is 3. The molecule has 0 saturated heterocycles. The normalized spacial score (nSPS) is 17.2. The van der Waals surface area contributed by atoms with Gasteiger partial charge in [0.25, 0.3) is 0 Å². The van der Waals surface area contributed by atoms with Crippen molar-refractivity contribution >= 4 is 28.8 Å². The third-order valence-corrected chi connectivity index (χ3v) is 9.02. The van der Waals surface area contributed by atoms with Crippen molar-refractivity contribution in [1.29, 1.82) is 0 Å². The van der Waals surface area contributed by atoms with Crippen molar-refractivity contribution in [3.05, 3.63) is 78.3 Å². The fourth-order valence-electron chi connectivity index (χ4n) is 6.29. The van der Waals surface area contributed by atoms with E-state index in [1.807, 2.05) is 16.7 Å². The number of benzene rings is 2. The zero-order valence-electron chi connectivity index (χ0n) is 26.5. The van der Waals surface area contributed by atoms with Crippen LogP contribution in [0.15, 0.2) is 61.3 Å². The van der Waals surface area contributed by atoms with Crippen LogP contribution in [0.5, 0.6) is 0 Å². The largest absolute Gasteiger partial charge is 0.481 e. The Kier molecular flexibility index (Phi) is 11.8. The SMILES string of the molecule is CC(CN(C)[C@H]1CC[C@@H](CCc2c[nH]c3ccc(-n4cnnc4)cc23)CC1)c1ccc(F)cc1.O=C(O)CC(O)(CC(=O)O)C(=O)O. The second-order valence-corrected chi connectivity index (χ2v) is 12.5. The van der Waals surface area contributed by atoms with Crippen molar-refractivity contribution in [1.82, 2.24) is 24.6 Å². The molecule has 0 spiro atoms. The van der Waals surface area contributed by atoms with Gasteiger partial charge >= 0.3 is 17.9 Å². The van der Waals surface area contributed by atoms with Crippen LogP contribution in [-0.4, -0.2) is 88.2 Å². The van der Waals surface area contributed by atoms with Gasteiger partial charge in [0.1, 0.15) is 18.5 Å². The van der Waals surface area contributed by atoms with Gasteiger partial charge in [-0.3, -0.25) is 14.2 Å². The first-order valence-electron chi connectivity index (χ1n) is 15.6. The van der Waals surface area contributed by atoms with Crippen LogP contribution in [0, 0.1) is 11.7 Å². The van der Waals surface area contributed by atoms with Crippen LogP contribution in [0.3, 0.4) is 0 Å². The Hall–Kier alpha value is -4.62. The van der Waals surface area contributed by atoms with E-state index in [2.05, 4.69) is 58.4 Å². The zero-order chi connectivity index (χ0) is 34.1. The summed E-state index contributed by atoms with van der Waals surface area (Å²) in [6.07, 6.45) is 10.9. The van der Waals surface area contributed by atoms with Crippen molar-refractivity contribution in [2.45, 2.75) is 75.9 Å². The number of aromatic nitrogens is 4. The maximum Gasteiger partial charge on any atom is 0.336 e. The Balaban J connectivity index is 0.000000328. The number of likely N-dealkylation sites (N-methyl/N-ethyl adjacent to an activating group) is 1. The number of hydrogen-bond acceptors (Lipinski definition) is 7. The predicted molar refractivity (Wildman–Crippen MR) is 172 cm³/mol. The molecule has 12 nitrogen and oxygen atoms in total. The predicted octanol–water partition coefficient (Wildman–Crippen LogP) is 4.87. The van der Waals surface area contributed by atoms with Crippen LogP contribution in [0.2, 0.25) is 0 Å². The summed E-state index contributed by atoms with van der Waals surface area (Å²) in [5, 5.41) is 43.0. The number of nitrogens with one attached hydrogen (secondary N) is 1. The number of fused-ring (bicyclic) bond motifs is 1. The molecule has 5 N–H and O–H groups in total. The average Bonchev–Trinajstić information content (AvgIpc) is 3.70. The summed E-state index contributed by atoms with van der Waals surface area (Å²) in [4.78, 5) is 36.4. The molecule has 5 rings (SSSR count). The summed E-state index contributed by atoms with van der Waals surface area (Å²) in [5.41, 5.74) is 2.16. The van der Waals surface area contributed by atoms with Gasteiger partial charge in [0.05, 0.1) is 12.8 Å². The molecule has 1 unspecified atom stereocenters. The van der Waals surface area contributed by atoms with E-state index < -0.39 is 36.4 Å². The van der Waals surface area contributed by atoms with E-state index in [0.717, 1.165) is 24.6 Å². The van der Waals surface area contributed by atoms with E-state index in [-0.39, 0.29) is 5.82 Å². The third kappa shape index (κ3) is 9.69. The van der Waals surface area contributed by atoms with E-state index in [1.165, 1.54) is 54.1 Å². The number of aliphatic hydroxyl groups is 1. The standard InChI is InChI=1S/C28H34FN5.C6H8O7/c1-20(22-7-9-24(29)10-8-22)17-33(2)25-11-4-21(5-12-25)3-6-23-16-30-28-14-13-26(15-27(23)28)34-18-31-32-19-34;7-3(8)1-6(13,5(11)12)2-4(9)10/h7-10,13-16,18-21,25,30H,3-6,11-12,17H2,1-2H3;13H,1-2H2,(H,7,8)(H,9,10)(H,11,12)/t20?,21-,25+;. The molecule has 2 aromatic carbocycles. The maximum absolute atomic E-state index is 13.2. The summed E-state index contributed by atoms with van der Waals surface area (Å²) >= 11 is 0. The second kappa shape index (κ2) is 15.8. The van der Waals surface area contributed by atoms with Crippen LogP contribution in [0.1, 0.15) is 68.9 Å². The lowest BCUT2D eigenvalue weighted by atomic mass is 9.82. The first kappa shape index (κ1) is 35.2. The topological polar surface area (TPSA) is 182 Å². The molecule has 0 aliphatic heterocycles. The number of H-pyrrole nitrogens is 1. The zero-order valence-corrected chi connectivity index (χ0v) is 26.5. The molecule has 4 aromatic rings. The number of carboxylic acids is 3. The number of aromatic amines is 1. The van der Waals surface area contributed by atoms with Crippen molar-refractivity contribution in [3.63, 3.8) is 0 Å². The summed E-state index contributed by atoms with van der Waals surface area (Å²) in [5.74, 6) is -3.97. The van der Waals surface area contributed by atoms with Crippen LogP contribution < -0.4 is 0 Å². The third-order valence-electron chi connectivity index (χ3n) is 9.02. The quantitative estimate of drug-likeness (QED) is 0.134. The molecule has 0 bridgehead atoms. The molecule has 13 heteroatoms. The van der Waals surface area contributed by atoms with Crippen LogP contribution in [0.4, 0.5) is 4.39 Å².